The lowest BCUT2D eigenvalue weighted by Crippen LogP contribution is -2.55. The second-order valence-corrected chi connectivity index (χ2v) is 6.82. The van der Waals surface area contributed by atoms with Crippen LogP contribution in [0, 0.1) is 5.92 Å². The van der Waals surface area contributed by atoms with Gasteiger partial charge in [-0.05, 0) is 43.5 Å². The number of aliphatic hydroxyl groups is 2. The van der Waals surface area contributed by atoms with Gasteiger partial charge >= 0.3 is 0 Å². The Morgan fingerprint density at radius 2 is 2.09 bits per heavy atom. The number of phenolic OH excluding ortho intramolecular Hbond substituents is 1. The predicted octanol–water partition coefficient (Wildman–Crippen LogP) is 2.31. The predicted molar refractivity (Wildman–Crippen MR) is 85.4 cm³/mol. The lowest BCUT2D eigenvalue weighted by Gasteiger charge is -2.49. The smallest absolute Gasteiger partial charge is 0.160 e. The Hall–Kier alpha value is -1.56. The molecule has 0 amide bonds. The molecular formula is C18H24O5. The Morgan fingerprint density at radius 3 is 2.78 bits per heavy atom. The zero-order valence-corrected chi connectivity index (χ0v) is 13.7. The van der Waals surface area contributed by atoms with E-state index in [9.17, 15) is 15.3 Å². The Morgan fingerprint density at radius 1 is 1.35 bits per heavy atom. The molecule has 1 saturated heterocycles. The number of aromatic hydroxyl groups is 1. The molecule has 1 heterocycles. The van der Waals surface area contributed by atoms with Crippen molar-refractivity contribution in [2.75, 3.05) is 7.11 Å². The summed E-state index contributed by atoms with van der Waals surface area (Å²) in [6.45, 7) is 3.69. The van der Waals surface area contributed by atoms with Gasteiger partial charge in [-0.15, -0.1) is 0 Å². The summed E-state index contributed by atoms with van der Waals surface area (Å²) >= 11 is 0. The summed E-state index contributed by atoms with van der Waals surface area (Å²) in [5.74, 6) is 0.303. The van der Waals surface area contributed by atoms with Crippen molar-refractivity contribution >= 4 is 0 Å². The van der Waals surface area contributed by atoms with Gasteiger partial charge < -0.3 is 24.8 Å². The first-order valence-corrected chi connectivity index (χ1v) is 7.93. The van der Waals surface area contributed by atoms with E-state index in [1.165, 1.54) is 7.11 Å². The molecule has 3 rings (SSSR count). The zero-order valence-electron chi connectivity index (χ0n) is 13.7. The Kier molecular flexibility index (Phi) is 4.12. The van der Waals surface area contributed by atoms with Gasteiger partial charge in [-0.3, -0.25) is 0 Å². The van der Waals surface area contributed by atoms with Crippen LogP contribution in [0.4, 0.5) is 0 Å². The molecule has 0 saturated carbocycles. The Balaban J connectivity index is 1.92. The summed E-state index contributed by atoms with van der Waals surface area (Å²) in [7, 11) is 1.49. The third kappa shape index (κ3) is 2.84. The van der Waals surface area contributed by atoms with Crippen molar-refractivity contribution in [3.8, 4) is 11.5 Å². The molecule has 5 nitrogen and oxygen atoms in total. The standard InChI is InChI=1S/C18H24O5/c1-10-4-6-12-17(16(10)20)23-15(9-18(12,2)21)11-5-7-13(19)14(8-11)22-3/h4-5,7-8,12,15-17,19-21H,6,9H2,1-3H3/t12-,15+,16-,17-,18?/m1/s1. The lowest BCUT2D eigenvalue weighted by molar-refractivity contribution is -0.206. The van der Waals surface area contributed by atoms with E-state index >= 15 is 0 Å². The molecule has 1 fully saturated rings. The van der Waals surface area contributed by atoms with E-state index in [0.29, 0.717) is 18.6 Å². The summed E-state index contributed by atoms with van der Waals surface area (Å²) in [5, 5.41) is 31.1. The minimum Gasteiger partial charge on any atom is -0.504 e. The number of aliphatic hydroxyl groups excluding tert-OH is 1. The van der Waals surface area contributed by atoms with Crippen LogP contribution < -0.4 is 4.74 Å². The van der Waals surface area contributed by atoms with E-state index in [1.807, 2.05) is 13.0 Å². The summed E-state index contributed by atoms with van der Waals surface area (Å²) < 4.78 is 11.3. The van der Waals surface area contributed by atoms with Gasteiger partial charge in [0, 0.05) is 12.3 Å². The maximum absolute atomic E-state index is 10.9. The number of fused-ring (bicyclic) bond motifs is 1. The van der Waals surface area contributed by atoms with Crippen LogP contribution in [0.3, 0.4) is 0 Å². The first-order valence-electron chi connectivity index (χ1n) is 7.93. The molecule has 1 aliphatic heterocycles. The van der Waals surface area contributed by atoms with Crippen molar-refractivity contribution in [2.24, 2.45) is 5.92 Å². The van der Waals surface area contributed by atoms with Crippen molar-refractivity contribution in [3.05, 3.63) is 35.4 Å². The van der Waals surface area contributed by atoms with Crippen LogP contribution in [0.15, 0.2) is 29.8 Å². The number of allylic oxidation sites excluding steroid dienone is 1. The van der Waals surface area contributed by atoms with Gasteiger partial charge in [0.05, 0.1) is 24.9 Å². The average molecular weight is 320 g/mol. The van der Waals surface area contributed by atoms with Crippen molar-refractivity contribution in [2.45, 2.75) is 50.6 Å². The zero-order chi connectivity index (χ0) is 16.8. The first kappa shape index (κ1) is 16.3. The van der Waals surface area contributed by atoms with E-state index in [2.05, 4.69) is 0 Å². The van der Waals surface area contributed by atoms with Gasteiger partial charge in [0.25, 0.3) is 0 Å². The number of benzene rings is 1. The van der Waals surface area contributed by atoms with Crippen LogP contribution >= 0.6 is 0 Å². The van der Waals surface area contributed by atoms with Crippen LogP contribution in [0.2, 0.25) is 0 Å². The highest BCUT2D eigenvalue weighted by molar-refractivity contribution is 5.42. The lowest BCUT2D eigenvalue weighted by atomic mass is 9.70. The van der Waals surface area contributed by atoms with E-state index in [4.69, 9.17) is 9.47 Å². The van der Waals surface area contributed by atoms with Gasteiger partial charge in [0.1, 0.15) is 6.10 Å². The SMILES string of the molecule is COc1cc([C@@H]2CC(C)(O)[C@@H]3CC=C(C)[C@@H](O)[C@@H]3O2)ccc1O. The second kappa shape index (κ2) is 5.82. The van der Waals surface area contributed by atoms with E-state index in [-0.39, 0.29) is 17.8 Å². The Labute approximate surface area is 136 Å². The molecule has 2 aliphatic rings. The van der Waals surface area contributed by atoms with E-state index in [0.717, 1.165) is 11.1 Å². The molecule has 0 spiro atoms. The van der Waals surface area contributed by atoms with Crippen LogP contribution in [0.5, 0.6) is 11.5 Å². The molecule has 3 N–H and O–H groups in total. The van der Waals surface area contributed by atoms with Gasteiger partial charge in [0.2, 0.25) is 0 Å². The molecule has 126 valence electrons. The van der Waals surface area contributed by atoms with Gasteiger partial charge in [-0.1, -0.05) is 12.1 Å². The molecule has 0 radical (unpaired) electrons. The molecule has 0 bridgehead atoms. The topological polar surface area (TPSA) is 79.2 Å². The van der Waals surface area contributed by atoms with Crippen molar-refractivity contribution in [3.63, 3.8) is 0 Å². The number of rotatable bonds is 2. The van der Waals surface area contributed by atoms with Crippen LogP contribution in [-0.2, 0) is 4.74 Å². The largest absolute Gasteiger partial charge is 0.504 e. The molecule has 1 aromatic carbocycles. The van der Waals surface area contributed by atoms with Crippen molar-refractivity contribution in [1.82, 2.24) is 0 Å². The highest BCUT2D eigenvalue weighted by atomic mass is 16.5. The first-order chi connectivity index (χ1) is 10.8. The fourth-order valence-corrected chi connectivity index (χ4v) is 3.68. The molecule has 5 heteroatoms. The van der Waals surface area contributed by atoms with Crippen molar-refractivity contribution < 1.29 is 24.8 Å². The fraction of sp³-hybridized carbons (Fsp3) is 0.556. The van der Waals surface area contributed by atoms with Crippen molar-refractivity contribution in [1.29, 1.82) is 0 Å². The van der Waals surface area contributed by atoms with Crippen LogP contribution in [0.1, 0.15) is 38.4 Å². The summed E-state index contributed by atoms with van der Waals surface area (Å²) in [4.78, 5) is 0. The minimum atomic E-state index is -0.934. The molecule has 1 aliphatic carbocycles. The number of hydrogen-bond donors (Lipinski definition) is 3. The summed E-state index contributed by atoms with van der Waals surface area (Å²) in [6.07, 6.45) is 1.61. The number of ether oxygens (including phenoxy) is 2. The highest BCUT2D eigenvalue weighted by Gasteiger charge is 2.49. The number of hydrogen-bond acceptors (Lipinski definition) is 5. The molecule has 1 aromatic rings. The third-order valence-electron chi connectivity index (χ3n) is 5.16. The molecule has 23 heavy (non-hydrogen) atoms. The summed E-state index contributed by atoms with van der Waals surface area (Å²) in [5.41, 5.74) is 0.764. The molecule has 0 aromatic heterocycles. The van der Waals surface area contributed by atoms with Gasteiger partial charge in [0.15, 0.2) is 11.5 Å². The summed E-state index contributed by atoms with van der Waals surface area (Å²) in [6, 6.07) is 5.03. The normalized spacial score (nSPS) is 37.0. The Bertz CT molecular complexity index is 622. The van der Waals surface area contributed by atoms with E-state index < -0.39 is 17.8 Å². The monoisotopic (exact) mass is 320 g/mol. The number of methoxy groups -OCH3 is 1. The minimum absolute atomic E-state index is 0.0631. The fourth-order valence-electron chi connectivity index (χ4n) is 3.68. The average Bonchev–Trinajstić information content (AvgIpc) is 2.51. The molecule has 1 unspecified atom stereocenters. The third-order valence-corrected chi connectivity index (χ3v) is 5.16. The second-order valence-electron chi connectivity index (χ2n) is 6.82. The van der Waals surface area contributed by atoms with E-state index in [1.54, 1.807) is 25.1 Å². The van der Waals surface area contributed by atoms with Gasteiger partial charge in [-0.25, -0.2) is 0 Å². The van der Waals surface area contributed by atoms with Crippen LogP contribution in [0.25, 0.3) is 0 Å². The van der Waals surface area contributed by atoms with Gasteiger partial charge in [-0.2, -0.15) is 0 Å². The number of phenols is 1. The van der Waals surface area contributed by atoms with Crippen LogP contribution in [-0.4, -0.2) is 40.2 Å². The quantitative estimate of drug-likeness (QED) is 0.729. The molecule has 5 atom stereocenters. The maximum Gasteiger partial charge on any atom is 0.160 e. The molecular weight excluding hydrogens is 296 g/mol. The highest BCUT2D eigenvalue weighted by Crippen LogP contribution is 2.47. The maximum atomic E-state index is 10.9.